The Hall–Kier alpha value is -4.44. The molecule has 0 spiro atoms. The molecule has 0 radical (unpaired) electrons. The molecule has 1 aliphatic rings. The maximum absolute atomic E-state index is 13.8. The number of halogens is 1. The molecule has 1 saturated heterocycles. The largest absolute Gasteiger partial charge is 0.367 e. The van der Waals surface area contributed by atoms with Gasteiger partial charge in [0, 0.05) is 67.1 Å². The molecule has 0 unspecified atom stereocenters. The molecule has 10 heteroatoms. The number of hydrogen-bond acceptors (Lipinski definition) is 8. The number of nitrogens with one attached hydrogen (secondary N) is 2. The third kappa shape index (κ3) is 4.71. The van der Waals surface area contributed by atoms with Crippen LogP contribution in [0.4, 0.5) is 27.4 Å². The van der Waals surface area contributed by atoms with E-state index in [9.17, 15) is 9.18 Å². The standard InChI is InChI=1S/C26H25FN8O/c1-4-24(36)32-22-8-19(5-6-23(22)35(3)20-14-34(2)15-20)31-26-30-11-17-10-29-13-21(25(17)33-26)16-7-18(27)12-28-9-16/h4-13,20H,1,14-15H2,2-3H3,(H,32,36)(H,30,31,33). The van der Waals surface area contributed by atoms with Crippen LogP contribution in [-0.2, 0) is 4.79 Å². The zero-order valence-electron chi connectivity index (χ0n) is 19.9. The molecule has 0 atom stereocenters. The molecule has 36 heavy (non-hydrogen) atoms. The van der Waals surface area contributed by atoms with Gasteiger partial charge in [0.1, 0.15) is 5.82 Å². The van der Waals surface area contributed by atoms with Crippen LogP contribution in [0.15, 0.2) is 67.9 Å². The maximum Gasteiger partial charge on any atom is 0.247 e. The van der Waals surface area contributed by atoms with Crippen molar-refractivity contribution in [3.05, 3.63) is 73.7 Å². The van der Waals surface area contributed by atoms with Crippen LogP contribution in [-0.4, -0.2) is 64.0 Å². The van der Waals surface area contributed by atoms with Crippen molar-refractivity contribution in [3.63, 3.8) is 0 Å². The molecule has 3 aromatic heterocycles. The van der Waals surface area contributed by atoms with Crippen LogP contribution in [0.25, 0.3) is 22.0 Å². The molecule has 182 valence electrons. The molecule has 4 aromatic rings. The van der Waals surface area contributed by atoms with Crippen LogP contribution >= 0.6 is 0 Å². The number of likely N-dealkylation sites (N-methyl/N-ethyl adjacent to an activating group) is 2. The highest BCUT2D eigenvalue weighted by Gasteiger charge is 2.28. The lowest BCUT2D eigenvalue weighted by Gasteiger charge is -2.43. The van der Waals surface area contributed by atoms with E-state index in [2.05, 4.69) is 54.0 Å². The summed E-state index contributed by atoms with van der Waals surface area (Å²) in [7, 11) is 4.10. The van der Waals surface area contributed by atoms with Crippen LogP contribution in [0.5, 0.6) is 0 Å². The fraction of sp³-hybridized carbons (Fsp3) is 0.192. The van der Waals surface area contributed by atoms with Crippen molar-refractivity contribution in [1.29, 1.82) is 0 Å². The van der Waals surface area contributed by atoms with E-state index in [1.54, 1.807) is 24.8 Å². The molecule has 5 rings (SSSR count). The lowest BCUT2D eigenvalue weighted by Crippen LogP contribution is -2.56. The third-order valence-corrected chi connectivity index (χ3v) is 6.17. The first-order valence-corrected chi connectivity index (χ1v) is 11.4. The van der Waals surface area contributed by atoms with E-state index in [4.69, 9.17) is 0 Å². The first kappa shape index (κ1) is 23.3. The highest BCUT2D eigenvalue weighted by atomic mass is 19.1. The first-order chi connectivity index (χ1) is 17.4. The molecule has 9 nitrogen and oxygen atoms in total. The average molecular weight is 485 g/mol. The van der Waals surface area contributed by atoms with Crippen LogP contribution in [0.2, 0.25) is 0 Å². The molecule has 0 aliphatic carbocycles. The summed E-state index contributed by atoms with van der Waals surface area (Å²) in [4.78, 5) is 33.8. The molecular weight excluding hydrogens is 459 g/mol. The molecule has 1 amide bonds. The van der Waals surface area contributed by atoms with Crippen molar-refractivity contribution in [1.82, 2.24) is 24.8 Å². The highest BCUT2D eigenvalue weighted by Crippen LogP contribution is 2.33. The minimum absolute atomic E-state index is 0.296. The zero-order chi connectivity index (χ0) is 25.2. The number of pyridine rings is 2. The molecule has 1 fully saturated rings. The minimum atomic E-state index is -0.440. The normalized spacial score (nSPS) is 13.8. The number of hydrogen-bond donors (Lipinski definition) is 2. The van der Waals surface area contributed by atoms with Crippen molar-refractivity contribution in [2.75, 3.05) is 42.7 Å². The van der Waals surface area contributed by atoms with Crippen molar-refractivity contribution < 1.29 is 9.18 Å². The fourth-order valence-corrected chi connectivity index (χ4v) is 4.23. The number of likely N-dealkylation sites (tertiary alicyclic amines) is 1. The van der Waals surface area contributed by atoms with E-state index >= 15 is 0 Å². The highest BCUT2D eigenvalue weighted by molar-refractivity contribution is 6.02. The predicted molar refractivity (Wildman–Crippen MR) is 139 cm³/mol. The lowest BCUT2D eigenvalue weighted by atomic mass is 10.1. The Morgan fingerprint density at radius 2 is 1.97 bits per heavy atom. The van der Waals surface area contributed by atoms with Gasteiger partial charge >= 0.3 is 0 Å². The molecule has 1 aromatic carbocycles. The van der Waals surface area contributed by atoms with Gasteiger partial charge < -0.3 is 20.4 Å². The molecule has 1 aliphatic heterocycles. The van der Waals surface area contributed by atoms with Gasteiger partial charge in [-0.05, 0) is 37.4 Å². The number of anilines is 4. The van der Waals surface area contributed by atoms with E-state index < -0.39 is 5.82 Å². The van der Waals surface area contributed by atoms with Gasteiger partial charge in [-0.15, -0.1) is 0 Å². The number of nitrogens with zero attached hydrogens (tertiary/aromatic N) is 6. The van der Waals surface area contributed by atoms with Gasteiger partial charge in [0.15, 0.2) is 0 Å². The first-order valence-electron chi connectivity index (χ1n) is 11.4. The van der Waals surface area contributed by atoms with Gasteiger partial charge in [0.25, 0.3) is 0 Å². The van der Waals surface area contributed by atoms with Crippen LogP contribution in [0.3, 0.4) is 0 Å². The Kier molecular flexibility index (Phi) is 6.26. The summed E-state index contributed by atoms with van der Waals surface area (Å²) in [6.07, 6.45) is 8.89. The second-order valence-corrected chi connectivity index (χ2v) is 8.75. The van der Waals surface area contributed by atoms with E-state index in [1.807, 2.05) is 25.2 Å². The fourth-order valence-electron chi connectivity index (χ4n) is 4.23. The Morgan fingerprint density at radius 3 is 2.72 bits per heavy atom. The topological polar surface area (TPSA) is 99.2 Å². The van der Waals surface area contributed by atoms with Crippen molar-refractivity contribution in [3.8, 4) is 11.1 Å². The van der Waals surface area contributed by atoms with Crippen LogP contribution in [0, 0.1) is 5.82 Å². The number of aromatic nitrogens is 4. The van der Waals surface area contributed by atoms with Crippen molar-refractivity contribution in [2.24, 2.45) is 0 Å². The van der Waals surface area contributed by atoms with E-state index in [0.29, 0.717) is 45.4 Å². The summed E-state index contributed by atoms with van der Waals surface area (Å²) in [5.41, 5.74) is 4.08. The number of fused-ring (bicyclic) bond motifs is 1. The molecule has 0 saturated carbocycles. The third-order valence-electron chi connectivity index (χ3n) is 6.17. The van der Waals surface area contributed by atoms with E-state index in [-0.39, 0.29) is 5.91 Å². The Morgan fingerprint density at radius 1 is 1.17 bits per heavy atom. The second-order valence-electron chi connectivity index (χ2n) is 8.75. The summed E-state index contributed by atoms with van der Waals surface area (Å²) in [6.45, 7) is 5.47. The van der Waals surface area contributed by atoms with Crippen LogP contribution in [0.1, 0.15) is 0 Å². The van der Waals surface area contributed by atoms with Gasteiger partial charge in [-0.1, -0.05) is 6.58 Å². The SMILES string of the molecule is C=CC(=O)Nc1cc(Nc2ncc3cncc(-c4cncc(F)c4)c3n2)ccc1N(C)C1CN(C)C1. The van der Waals surface area contributed by atoms with Gasteiger partial charge in [-0.3, -0.25) is 14.8 Å². The summed E-state index contributed by atoms with van der Waals surface area (Å²) >= 11 is 0. The van der Waals surface area contributed by atoms with Crippen molar-refractivity contribution in [2.45, 2.75) is 6.04 Å². The average Bonchev–Trinajstić information content (AvgIpc) is 2.86. The summed E-state index contributed by atoms with van der Waals surface area (Å²) in [6, 6.07) is 7.46. The van der Waals surface area contributed by atoms with Crippen molar-refractivity contribution >= 4 is 39.8 Å². The molecule has 0 bridgehead atoms. The molecular formula is C26H25FN8O. The predicted octanol–water partition coefficient (Wildman–Crippen LogP) is 3.84. The Bertz CT molecular complexity index is 1450. The number of carbonyl (C=O) groups excluding carboxylic acids is 1. The van der Waals surface area contributed by atoms with Crippen LogP contribution < -0.4 is 15.5 Å². The monoisotopic (exact) mass is 484 g/mol. The van der Waals surface area contributed by atoms with E-state index in [0.717, 1.165) is 25.0 Å². The van der Waals surface area contributed by atoms with Gasteiger partial charge in [-0.2, -0.15) is 0 Å². The van der Waals surface area contributed by atoms with Gasteiger partial charge in [0.2, 0.25) is 11.9 Å². The Labute approximate surface area is 207 Å². The molecule has 4 heterocycles. The molecule has 2 N–H and O–H groups in total. The number of benzene rings is 1. The second kappa shape index (κ2) is 9.67. The zero-order valence-corrected chi connectivity index (χ0v) is 19.9. The summed E-state index contributed by atoms with van der Waals surface area (Å²) < 4.78 is 13.8. The number of carbonyl (C=O) groups is 1. The van der Waals surface area contributed by atoms with Gasteiger partial charge in [-0.25, -0.2) is 14.4 Å². The van der Waals surface area contributed by atoms with Gasteiger partial charge in [0.05, 0.1) is 29.1 Å². The number of rotatable bonds is 7. The maximum atomic E-state index is 13.8. The summed E-state index contributed by atoms with van der Waals surface area (Å²) in [5.74, 6) is -0.387. The smallest absolute Gasteiger partial charge is 0.247 e. The van der Waals surface area contributed by atoms with E-state index in [1.165, 1.54) is 12.1 Å². The quantitative estimate of drug-likeness (QED) is 0.382. The lowest BCUT2D eigenvalue weighted by molar-refractivity contribution is -0.111. The Balaban J connectivity index is 1.48. The number of amides is 1. The summed E-state index contributed by atoms with van der Waals surface area (Å²) in [5, 5.41) is 6.83. The minimum Gasteiger partial charge on any atom is -0.367 e.